The van der Waals surface area contributed by atoms with Crippen LogP contribution in [0, 0.1) is 0 Å². The van der Waals surface area contributed by atoms with Crippen LogP contribution < -0.4 is 10.8 Å². The molecule has 1 nitrogen and oxygen atoms in total. The fourth-order valence-corrected chi connectivity index (χ4v) is 1.06. The number of anilines is 1. The van der Waals surface area contributed by atoms with Crippen LogP contribution in [0.4, 0.5) is 5.69 Å². The maximum Gasteiger partial charge on any atom is 0.139 e. The van der Waals surface area contributed by atoms with Crippen molar-refractivity contribution in [2.24, 2.45) is 0 Å². The summed E-state index contributed by atoms with van der Waals surface area (Å²) in [7, 11) is 4.00. The van der Waals surface area contributed by atoms with Gasteiger partial charge in [-0.1, -0.05) is 30.3 Å². The zero-order valence-electron chi connectivity index (χ0n) is 7.02. The second-order valence-corrected chi connectivity index (χ2v) is 2.54. The minimum atomic E-state index is 1.14. The minimum Gasteiger partial charge on any atom is -0.388 e. The van der Waals surface area contributed by atoms with E-state index in [0.717, 1.165) is 11.3 Å². The molecule has 1 aromatic rings. The first kappa shape index (κ1) is 7.93. The molecule has 0 aliphatic heterocycles. The van der Waals surface area contributed by atoms with E-state index >= 15 is 0 Å². The highest BCUT2D eigenvalue weighted by Gasteiger charge is 1.94. The highest BCUT2D eigenvalue weighted by atomic mass is 14.8. The molecule has 0 saturated carbocycles. The molecule has 56 valence electrons. The van der Waals surface area contributed by atoms with Gasteiger partial charge in [-0.25, -0.2) is 0 Å². The summed E-state index contributed by atoms with van der Waals surface area (Å²) in [6.45, 7) is 3.73. The van der Waals surface area contributed by atoms with Crippen LogP contribution >= 0.6 is 0 Å². The van der Waals surface area contributed by atoms with Crippen molar-refractivity contribution in [2.45, 2.75) is 0 Å². The first-order valence-corrected chi connectivity index (χ1v) is 3.68. The minimum absolute atomic E-state index is 1.14. The Hall–Kier alpha value is -1.18. The summed E-state index contributed by atoms with van der Waals surface area (Å²) in [5, 5.41) is 3.12. The first-order chi connectivity index (χ1) is 5.27. The van der Waals surface area contributed by atoms with E-state index < -0.39 is 0 Å². The fourth-order valence-electron chi connectivity index (χ4n) is 1.06. The number of hydrogen-bond donors (Lipinski definition) is 1. The van der Waals surface area contributed by atoms with Crippen molar-refractivity contribution in [3.05, 3.63) is 30.3 Å². The Balaban J connectivity index is 3.16. The van der Waals surface area contributed by atoms with Crippen molar-refractivity contribution in [1.82, 2.24) is 0 Å². The molecular weight excluding hydrogens is 133 g/mol. The van der Waals surface area contributed by atoms with E-state index in [1.807, 2.05) is 13.1 Å². The second kappa shape index (κ2) is 3.29. The van der Waals surface area contributed by atoms with Crippen molar-refractivity contribution in [2.75, 3.05) is 12.4 Å². The van der Waals surface area contributed by atoms with Crippen molar-refractivity contribution >= 4 is 25.1 Å². The molecule has 1 N–H and O–H groups in total. The number of hydrogen-bond acceptors (Lipinski definition) is 1. The maximum atomic E-state index is 3.73. The van der Waals surface area contributed by atoms with Crippen LogP contribution in [-0.4, -0.2) is 14.9 Å². The van der Waals surface area contributed by atoms with Gasteiger partial charge in [0.2, 0.25) is 0 Å². The second-order valence-electron chi connectivity index (χ2n) is 2.54. The van der Waals surface area contributed by atoms with Gasteiger partial charge >= 0.3 is 0 Å². The monoisotopic (exact) mass is 145 g/mol. The van der Waals surface area contributed by atoms with Crippen molar-refractivity contribution in [1.29, 1.82) is 0 Å². The van der Waals surface area contributed by atoms with Gasteiger partial charge in [-0.2, -0.15) is 0 Å². The third-order valence-electron chi connectivity index (χ3n) is 1.70. The summed E-state index contributed by atoms with van der Waals surface area (Å²) in [4.78, 5) is 0. The van der Waals surface area contributed by atoms with Crippen LogP contribution in [0.1, 0.15) is 5.56 Å². The lowest BCUT2D eigenvalue weighted by Crippen LogP contribution is -2.04. The number of nitrogens with one attached hydrogen (secondary N) is 1. The van der Waals surface area contributed by atoms with Gasteiger partial charge in [0.05, 0.1) is 0 Å². The van der Waals surface area contributed by atoms with E-state index in [0.29, 0.717) is 0 Å². The van der Waals surface area contributed by atoms with E-state index in [1.54, 1.807) is 0 Å². The molecule has 1 aromatic carbocycles. The molecule has 0 unspecified atom stereocenters. The Kier molecular flexibility index (Phi) is 2.37. The molecule has 0 spiro atoms. The van der Waals surface area contributed by atoms with Crippen molar-refractivity contribution in [3.8, 4) is 0 Å². The molecule has 2 heteroatoms. The fraction of sp³-hybridized carbons (Fsp3) is 0.111. The zero-order chi connectivity index (χ0) is 8.27. The molecule has 11 heavy (non-hydrogen) atoms. The van der Waals surface area contributed by atoms with Crippen LogP contribution in [0.3, 0.4) is 0 Å². The smallest absolute Gasteiger partial charge is 0.139 e. The number of rotatable bonds is 2. The lowest BCUT2D eigenvalue weighted by molar-refractivity contribution is 1.51. The SMILES string of the molecule is Bc1ccc(C=C)c(NC)c1. The highest BCUT2D eigenvalue weighted by molar-refractivity contribution is 6.32. The lowest BCUT2D eigenvalue weighted by Gasteiger charge is -2.05. The van der Waals surface area contributed by atoms with Gasteiger partial charge in [0.1, 0.15) is 7.85 Å². The summed E-state index contributed by atoms with van der Waals surface area (Å²) in [6, 6.07) is 6.25. The Morgan fingerprint density at radius 3 is 2.82 bits per heavy atom. The predicted octanol–water partition coefficient (Wildman–Crippen LogP) is 0.630. The zero-order valence-corrected chi connectivity index (χ0v) is 7.02. The third-order valence-corrected chi connectivity index (χ3v) is 1.70. The van der Waals surface area contributed by atoms with E-state index in [4.69, 9.17) is 0 Å². The molecule has 0 amide bonds. The summed E-state index contributed by atoms with van der Waals surface area (Å²) in [5.74, 6) is 0. The summed E-state index contributed by atoms with van der Waals surface area (Å²) in [6.07, 6.45) is 1.85. The van der Waals surface area contributed by atoms with Crippen molar-refractivity contribution < 1.29 is 0 Å². The lowest BCUT2D eigenvalue weighted by atomic mass is 9.94. The Bertz CT molecular complexity index is 268. The quantitative estimate of drug-likeness (QED) is 0.601. The Morgan fingerprint density at radius 1 is 1.55 bits per heavy atom. The molecule has 0 atom stereocenters. The van der Waals surface area contributed by atoms with Crippen LogP contribution in [0.5, 0.6) is 0 Å². The van der Waals surface area contributed by atoms with Gasteiger partial charge in [0.25, 0.3) is 0 Å². The predicted molar refractivity (Wildman–Crippen MR) is 54.3 cm³/mol. The largest absolute Gasteiger partial charge is 0.388 e. The highest BCUT2D eigenvalue weighted by Crippen LogP contribution is 2.12. The standard InChI is InChI=1S/C9H12BN/c1-3-7-4-5-8(10)6-9(7)11-2/h3-6,11H,1,10H2,2H3. The summed E-state index contributed by atoms with van der Waals surface area (Å²) >= 11 is 0. The number of benzene rings is 1. The van der Waals surface area contributed by atoms with Crippen LogP contribution in [0.15, 0.2) is 24.8 Å². The van der Waals surface area contributed by atoms with Gasteiger partial charge in [0, 0.05) is 12.7 Å². The van der Waals surface area contributed by atoms with E-state index in [9.17, 15) is 0 Å². The van der Waals surface area contributed by atoms with Crippen LogP contribution in [0.25, 0.3) is 6.08 Å². The van der Waals surface area contributed by atoms with E-state index in [1.165, 1.54) is 5.46 Å². The summed E-state index contributed by atoms with van der Waals surface area (Å²) < 4.78 is 0. The van der Waals surface area contributed by atoms with Crippen LogP contribution in [0.2, 0.25) is 0 Å². The molecule has 0 aromatic heterocycles. The topological polar surface area (TPSA) is 12.0 Å². The van der Waals surface area contributed by atoms with Gasteiger partial charge in [0.15, 0.2) is 0 Å². The van der Waals surface area contributed by atoms with E-state index in [-0.39, 0.29) is 0 Å². The molecule has 0 aliphatic rings. The average Bonchev–Trinajstić information content (AvgIpc) is 2.04. The van der Waals surface area contributed by atoms with Gasteiger partial charge in [-0.3, -0.25) is 0 Å². The molecule has 0 fully saturated rings. The van der Waals surface area contributed by atoms with Crippen LogP contribution in [-0.2, 0) is 0 Å². The van der Waals surface area contributed by atoms with Crippen molar-refractivity contribution in [3.63, 3.8) is 0 Å². The van der Waals surface area contributed by atoms with Gasteiger partial charge in [-0.05, 0) is 11.6 Å². The molecule has 0 bridgehead atoms. The van der Waals surface area contributed by atoms with Gasteiger partial charge < -0.3 is 5.32 Å². The molecule has 0 heterocycles. The molecule has 1 rings (SSSR count). The Labute approximate surface area is 68.5 Å². The summed E-state index contributed by atoms with van der Waals surface area (Å²) in [5.41, 5.74) is 3.55. The average molecular weight is 145 g/mol. The van der Waals surface area contributed by atoms with E-state index in [2.05, 4.69) is 37.9 Å². The maximum absolute atomic E-state index is 3.73. The first-order valence-electron chi connectivity index (χ1n) is 3.68. The Morgan fingerprint density at radius 2 is 2.27 bits per heavy atom. The van der Waals surface area contributed by atoms with Gasteiger partial charge in [-0.15, -0.1) is 0 Å². The molecule has 0 aliphatic carbocycles. The molecular formula is C9H12BN. The molecule has 0 saturated heterocycles. The third kappa shape index (κ3) is 1.64. The molecule has 0 radical (unpaired) electrons. The normalized spacial score (nSPS) is 9.18.